The van der Waals surface area contributed by atoms with E-state index < -0.39 is 5.91 Å². The zero-order valence-corrected chi connectivity index (χ0v) is 11.5. The molecule has 2 amide bonds. The maximum Gasteiger partial charge on any atom is 0.249 e. The first kappa shape index (κ1) is 14.3. The molecular weight excluding hydrogens is 246 g/mol. The van der Waals surface area contributed by atoms with Gasteiger partial charge < -0.3 is 20.7 Å². The van der Waals surface area contributed by atoms with Gasteiger partial charge in [-0.3, -0.25) is 9.59 Å². The lowest BCUT2D eigenvalue weighted by Gasteiger charge is -2.39. The van der Waals surface area contributed by atoms with Gasteiger partial charge in [0.1, 0.15) is 6.61 Å². The van der Waals surface area contributed by atoms with Gasteiger partial charge >= 0.3 is 0 Å². The van der Waals surface area contributed by atoms with Crippen molar-refractivity contribution in [1.29, 1.82) is 0 Å². The van der Waals surface area contributed by atoms with Crippen molar-refractivity contribution in [2.45, 2.75) is 44.2 Å². The van der Waals surface area contributed by atoms with Crippen molar-refractivity contribution in [3.05, 3.63) is 0 Å². The zero-order valence-electron chi connectivity index (χ0n) is 11.5. The topological polar surface area (TPSA) is 84.7 Å². The van der Waals surface area contributed by atoms with E-state index in [2.05, 4.69) is 5.32 Å². The van der Waals surface area contributed by atoms with E-state index in [0.717, 1.165) is 38.8 Å². The molecule has 0 radical (unpaired) electrons. The molecule has 2 fully saturated rings. The molecule has 3 N–H and O–H groups in total. The number of ether oxygens (including phenoxy) is 1. The molecule has 1 heterocycles. The molecule has 19 heavy (non-hydrogen) atoms. The van der Waals surface area contributed by atoms with Crippen LogP contribution in [0.4, 0.5) is 0 Å². The van der Waals surface area contributed by atoms with E-state index in [4.69, 9.17) is 10.5 Å². The van der Waals surface area contributed by atoms with Gasteiger partial charge in [0, 0.05) is 19.1 Å². The van der Waals surface area contributed by atoms with Crippen LogP contribution < -0.4 is 11.1 Å². The Balaban J connectivity index is 1.88. The predicted molar refractivity (Wildman–Crippen MR) is 70.4 cm³/mol. The summed E-state index contributed by atoms with van der Waals surface area (Å²) in [5.41, 5.74) is 4.99. The molecular formula is C13H23N3O3. The van der Waals surface area contributed by atoms with Crippen LogP contribution in [-0.2, 0) is 14.3 Å². The lowest BCUT2D eigenvalue weighted by atomic mass is 10.0. The molecule has 0 aromatic heterocycles. The highest BCUT2D eigenvalue weighted by Crippen LogP contribution is 2.24. The molecule has 1 aliphatic carbocycles. The van der Waals surface area contributed by atoms with E-state index in [1.165, 1.54) is 0 Å². The second kappa shape index (κ2) is 5.88. The number of rotatable bonds is 6. The highest BCUT2D eigenvalue weighted by molar-refractivity contribution is 5.84. The van der Waals surface area contributed by atoms with Crippen molar-refractivity contribution >= 4 is 11.8 Å². The van der Waals surface area contributed by atoms with Crippen LogP contribution in [0.15, 0.2) is 0 Å². The third-order valence-electron chi connectivity index (χ3n) is 3.95. The summed E-state index contributed by atoms with van der Waals surface area (Å²) in [5, 5.41) is 3.12. The largest absolute Gasteiger partial charge is 0.368 e. The number of hydrogen-bond acceptors (Lipinski definition) is 4. The van der Waals surface area contributed by atoms with Crippen LogP contribution in [0.5, 0.6) is 0 Å². The Morgan fingerprint density at radius 2 is 2.00 bits per heavy atom. The molecule has 108 valence electrons. The summed E-state index contributed by atoms with van der Waals surface area (Å²) in [4.78, 5) is 24.9. The van der Waals surface area contributed by atoms with Crippen LogP contribution in [0.25, 0.3) is 0 Å². The monoisotopic (exact) mass is 269 g/mol. The number of nitrogens with zero attached hydrogens (tertiary/aromatic N) is 1. The van der Waals surface area contributed by atoms with Crippen molar-refractivity contribution in [2.75, 3.05) is 26.2 Å². The SMILES string of the molecule is CC1(OCC(=O)N(CC(N)=O)C2CCCC2)CNC1. The van der Waals surface area contributed by atoms with Gasteiger partial charge in [0.2, 0.25) is 11.8 Å². The van der Waals surface area contributed by atoms with Gasteiger partial charge in [-0.15, -0.1) is 0 Å². The number of nitrogens with two attached hydrogens (primary N) is 1. The van der Waals surface area contributed by atoms with Gasteiger partial charge in [0.15, 0.2) is 0 Å². The fourth-order valence-corrected chi connectivity index (χ4v) is 2.70. The Hall–Kier alpha value is -1.14. The molecule has 0 unspecified atom stereocenters. The first-order chi connectivity index (χ1) is 9.00. The molecule has 2 aliphatic rings. The van der Waals surface area contributed by atoms with Crippen molar-refractivity contribution in [3.63, 3.8) is 0 Å². The molecule has 6 nitrogen and oxygen atoms in total. The van der Waals surface area contributed by atoms with Crippen molar-refractivity contribution in [3.8, 4) is 0 Å². The highest BCUT2D eigenvalue weighted by Gasteiger charge is 2.35. The fraction of sp³-hybridized carbons (Fsp3) is 0.846. The second-order valence-electron chi connectivity index (χ2n) is 5.77. The summed E-state index contributed by atoms with van der Waals surface area (Å²) in [6.45, 7) is 3.54. The summed E-state index contributed by atoms with van der Waals surface area (Å²) in [6.07, 6.45) is 4.13. The van der Waals surface area contributed by atoms with Crippen LogP contribution in [0.1, 0.15) is 32.6 Å². The molecule has 0 atom stereocenters. The maximum atomic E-state index is 12.2. The first-order valence-corrected chi connectivity index (χ1v) is 6.93. The molecule has 2 rings (SSSR count). The third kappa shape index (κ3) is 3.67. The number of amides is 2. The summed E-state index contributed by atoms with van der Waals surface area (Å²) in [7, 11) is 0. The molecule has 1 saturated carbocycles. The normalized spacial score (nSPS) is 21.9. The Kier molecular flexibility index (Phi) is 4.42. The zero-order chi connectivity index (χ0) is 13.9. The van der Waals surface area contributed by atoms with E-state index in [9.17, 15) is 9.59 Å². The third-order valence-corrected chi connectivity index (χ3v) is 3.95. The molecule has 6 heteroatoms. The first-order valence-electron chi connectivity index (χ1n) is 6.93. The number of nitrogens with one attached hydrogen (secondary N) is 1. The van der Waals surface area contributed by atoms with E-state index in [0.29, 0.717) is 0 Å². The molecule has 0 bridgehead atoms. The molecule has 1 aliphatic heterocycles. The number of carbonyl (C=O) groups excluding carboxylic acids is 2. The van der Waals surface area contributed by atoms with Crippen LogP contribution >= 0.6 is 0 Å². The van der Waals surface area contributed by atoms with E-state index in [1.807, 2.05) is 6.92 Å². The molecule has 1 saturated heterocycles. The molecule has 0 spiro atoms. The van der Waals surface area contributed by atoms with Crippen molar-refractivity contribution in [1.82, 2.24) is 10.2 Å². The van der Waals surface area contributed by atoms with E-state index in [-0.39, 0.29) is 30.7 Å². The molecule has 0 aromatic rings. The van der Waals surface area contributed by atoms with Crippen LogP contribution in [0, 0.1) is 0 Å². The van der Waals surface area contributed by atoms with Crippen molar-refractivity contribution in [2.24, 2.45) is 5.73 Å². The quantitative estimate of drug-likeness (QED) is 0.688. The van der Waals surface area contributed by atoms with Gasteiger partial charge in [0.05, 0.1) is 12.1 Å². The van der Waals surface area contributed by atoms with Crippen LogP contribution in [0.3, 0.4) is 0 Å². The van der Waals surface area contributed by atoms with E-state index >= 15 is 0 Å². The highest BCUT2D eigenvalue weighted by atomic mass is 16.5. The van der Waals surface area contributed by atoms with Crippen LogP contribution in [0.2, 0.25) is 0 Å². The standard InChI is InChI=1S/C13H23N3O3/c1-13(8-15-9-13)19-7-12(18)16(6-11(14)17)10-4-2-3-5-10/h10,15H,2-9H2,1H3,(H2,14,17). The summed E-state index contributed by atoms with van der Waals surface area (Å²) >= 11 is 0. The number of hydrogen-bond donors (Lipinski definition) is 2. The van der Waals surface area contributed by atoms with Crippen LogP contribution in [-0.4, -0.2) is 54.6 Å². The smallest absolute Gasteiger partial charge is 0.249 e. The maximum absolute atomic E-state index is 12.2. The minimum atomic E-state index is -0.461. The summed E-state index contributed by atoms with van der Waals surface area (Å²) in [5.74, 6) is -0.587. The summed E-state index contributed by atoms with van der Waals surface area (Å²) in [6, 6.07) is 0.149. The fourth-order valence-electron chi connectivity index (χ4n) is 2.70. The van der Waals surface area contributed by atoms with Gasteiger partial charge in [-0.05, 0) is 19.8 Å². The predicted octanol–water partition coefficient (Wildman–Crippen LogP) is -0.379. The van der Waals surface area contributed by atoms with E-state index in [1.54, 1.807) is 4.90 Å². The average Bonchev–Trinajstić information content (AvgIpc) is 2.84. The lowest BCUT2D eigenvalue weighted by molar-refractivity contribution is -0.150. The van der Waals surface area contributed by atoms with Crippen molar-refractivity contribution < 1.29 is 14.3 Å². The summed E-state index contributed by atoms with van der Waals surface area (Å²) < 4.78 is 5.64. The average molecular weight is 269 g/mol. The Bertz CT molecular complexity index is 349. The lowest BCUT2D eigenvalue weighted by Crippen LogP contribution is -2.60. The van der Waals surface area contributed by atoms with Gasteiger partial charge in [-0.2, -0.15) is 0 Å². The van der Waals surface area contributed by atoms with Gasteiger partial charge in [-0.1, -0.05) is 12.8 Å². The molecule has 0 aromatic carbocycles. The second-order valence-corrected chi connectivity index (χ2v) is 5.77. The Labute approximate surface area is 113 Å². The Morgan fingerprint density at radius 1 is 1.37 bits per heavy atom. The van der Waals surface area contributed by atoms with Gasteiger partial charge in [-0.25, -0.2) is 0 Å². The minimum absolute atomic E-state index is 0.00181. The minimum Gasteiger partial charge on any atom is -0.368 e. The Morgan fingerprint density at radius 3 is 2.47 bits per heavy atom. The van der Waals surface area contributed by atoms with Gasteiger partial charge in [0.25, 0.3) is 0 Å². The number of primary amides is 1. The number of carbonyl (C=O) groups is 2.